The molecule has 0 radical (unpaired) electrons. The summed E-state index contributed by atoms with van der Waals surface area (Å²) in [6.07, 6.45) is 0. The van der Waals surface area contributed by atoms with Gasteiger partial charge in [-0.05, 0) is 44.0 Å². The van der Waals surface area contributed by atoms with Crippen LogP contribution < -0.4 is 10.6 Å². The second kappa shape index (κ2) is 6.87. The highest BCUT2D eigenvalue weighted by atomic mass is 79.9. The van der Waals surface area contributed by atoms with E-state index in [2.05, 4.69) is 58.4 Å². The highest BCUT2D eigenvalue weighted by Gasteiger charge is 2.10. The molecule has 3 nitrogen and oxygen atoms in total. The van der Waals surface area contributed by atoms with Crippen LogP contribution in [0.2, 0.25) is 0 Å². The summed E-state index contributed by atoms with van der Waals surface area (Å²) in [7, 11) is 0. The maximum absolute atomic E-state index is 11.7. The van der Waals surface area contributed by atoms with E-state index in [-0.39, 0.29) is 11.9 Å². The van der Waals surface area contributed by atoms with Crippen LogP contribution in [0.25, 0.3) is 0 Å². The molecule has 94 valence electrons. The van der Waals surface area contributed by atoms with Gasteiger partial charge in [-0.1, -0.05) is 29.8 Å². The number of carbonyl (C=O) groups excluding carboxylic acids is 1. The maximum Gasteiger partial charge on any atom is 0.238 e. The zero-order chi connectivity index (χ0) is 13.0. The van der Waals surface area contributed by atoms with Crippen LogP contribution in [0.4, 0.5) is 5.69 Å². The highest BCUT2D eigenvalue weighted by Crippen LogP contribution is 2.34. The topological polar surface area (TPSA) is 41.1 Å². The molecule has 1 aromatic rings. The molecule has 1 aromatic carbocycles. The molecule has 6 heteroatoms. The molecule has 0 bridgehead atoms. The van der Waals surface area contributed by atoms with Crippen LogP contribution in [0.3, 0.4) is 0 Å². The molecule has 0 aliphatic carbocycles. The Morgan fingerprint density at radius 2 is 1.76 bits per heavy atom. The van der Waals surface area contributed by atoms with Crippen molar-refractivity contribution < 1.29 is 4.79 Å². The van der Waals surface area contributed by atoms with Crippen molar-refractivity contribution in [1.82, 2.24) is 5.32 Å². The second-order valence-corrected chi connectivity index (χ2v) is 6.45. The number of hydrogen-bond donors (Lipinski definition) is 2. The number of halogens is 3. The summed E-state index contributed by atoms with van der Waals surface area (Å²) in [5.41, 5.74) is 0.740. The van der Waals surface area contributed by atoms with Crippen LogP contribution in [-0.2, 0) is 4.79 Å². The van der Waals surface area contributed by atoms with E-state index in [1.807, 2.05) is 26.0 Å². The first-order valence-corrected chi connectivity index (χ1v) is 7.46. The summed E-state index contributed by atoms with van der Waals surface area (Å²) >= 11 is 10.2. The summed E-state index contributed by atoms with van der Waals surface area (Å²) in [6.45, 7) is 4.30. The first-order valence-electron chi connectivity index (χ1n) is 5.08. The highest BCUT2D eigenvalue weighted by molar-refractivity contribution is 9.11. The predicted molar refractivity (Wildman–Crippen MR) is 81.3 cm³/mol. The summed E-state index contributed by atoms with van der Waals surface area (Å²) in [5, 5.41) is 5.91. The Balaban J connectivity index is 2.72. The zero-order valence-electron chi connectivity index (χ0n) is 9.48. The first-order chi connectivity index (χ1) is 7.90. The third-order valence-corrected chi connectivity index (χ3v) is 3.65. The van der Waals surface area contributed by atoms with Crippen LogP contribution in [0, 0.1) is 0 Å². The van der Waals surface area contributed by atoms with Crippen molar-refractivity contribution in [3.05, 3.63) is 25.6 Å². The van der Waals surface area contributed by atoms with Crippen LogP contribution >= 0.6 is 47.8 Å². The molecule has 0 aliphatic rings. The van der Waals surface area contributed by atoms with Gasteiger partial charge in [-0.25, -0.2) is 0 Å². The van der Waals surface area contributed by atoms with Crippen molar-refractivity contribution in [2.45, 2.75) is 19.9 Å². The van der Waals surface area contributed by atoms with E-state index in [0.717, 1.165) is 19.1 Å². The lowest BCUT2D eigenvalue weighted by atomic mass is 10.3. The number of hydrogen-bond acceptors (Lipinski definition) is 2. The van der Waals surface area contributed by atoms with E-state index < -0.39 is 0 Å². The van der Waals surface area contributed by atoms with Crippen molar-refractivity contribution in [2.75, 3.05) is 11.9 Å². The van der Waals surface area contributed by atoms with Crippen LogP contribution in [0.1, 0.15) is 13.8 Å². The average Bonchev–Trinajstić information content (AvgIpc) is 2.20. The van der Waals surface area contributed by atoms with Gasteiger partial charge < -0.3 is 10.6 Å². The lowest BCUT2D eigenvalue weighted by molar-refractivity contribution is -0.115. The number of anilines is 1. The first kappa shape index (κ1) is 15.1. The number of benzene rings is 1. The lowest BCUT2D eigenvalue weighted by Crippen LogP contribution is -2.32. The van der Waals surface area contributed by atoms with Gasteiger partial charge in [-0.3, -0.25) is 4.79 Å². The van der Waals surface area contributed by atoms with Gasteiger partial charge in [0.15, 0.2) is 0 Å². The Bertz CT molecular complexity index is 398. The van der Waals surface area contributed by atoms with E-state index in [4.69, 9.17) is 0 Å². The minimum absolute atomic E-state index is 0.0672. The molecule has 0 aliphatic heterocycles. The molecule has 0 atom stereocenters. The minimum Gasteiger partial charge on any atom is -0.323 e. The number of amides is 1. The predicted octanol–water partition coefficient (Wildman–Crippen LogP) is 3.91. The number of rotatable bonds is 4. The van der Waals surface area contributed by atoms with E-state index in [1.165, 1.54) is 0 Å². The molecule has 0 unspecified atom stereocenters. The van der Waals surface area contributed by atoms with E-state index in [9.17, 15) is 4.79 Å². The Hall–Kier alpha value is 0.0900. The van der Waals surface area contributed by atoms with Gasteiger partial charge in [0.25, 0.3) is 0 Å². The van der Waals surface area contributed by atoms with Crippen molar-refractivity contribution in [1.29, 1.82) is 0 Å². The van der Waals surface area contributed by atoms with Gasteiger partial charge in [0.2, 0.25) is 5.91 Å². The second-order valence-electron chi connectivity index (χ2n) is 3.83. The average molecular weight is 429 g/mol. The minimum atomic E-state index is -0.0672. The molecule has 0 fully saturated rings. The van der Waals surface area contributed by atoms with Gasteiger partial charge in [-0.2, -0.15) is 0 Å². The number of nitrogens with one attached hydrogen (secondary N) is 2. The fourth-order valence-corrected chi connectivity index (χ4v) is 3.60. The standard InChI is InChI=1S/C11H13Br3N2O/c1-6(2)15-5-10(17)16-11-8(13)3-7(12)4-9(11)14/h3-4,6,15H,5H2,1-2H3,(H,16,17). The third kappa shape index (κ3) is 5.07. The van der Waals surface area contributed by atoms with Gasteiger partial charge in [-0.15, -0.1) is 0 Å². The maximum atomic E-state index is 11.7. The van der Waals surface area contributed by atoms with Gasteiger partial charge in [0, 0.05) is 19.5 Å². The molecule has 0 spiro atoms. The van der Waals surface area contributed by atoms with Crippen LogP contribution in [0.15, 0.2) is 25.6 Å². The summed E-state index contributed by atoms with van der Waals surface area (Å²) in [4.78, 5) is 11.7. The fourth-order valence-electron chi connectivity index (χ4n) is 1.14. The molecule has 0 saturated carbocycles. The smallest absolute Gasteiger partial charge is 0.238 e. The van der Waals surface area contributed by atoms with E-state index >= 15 is 0 Å². The van der Waals surface area contributed by atoms with Gasteiger partial charge in [0.05, 0.1) is 12.2 Å². The lowest BCUT2D eigenvalue weighted by Gasteiger charge is -2.12. The van der Waals surface area contributed by atoms with Crippen LogP contribution in [-0.4, -0.2) is 18.5 Å². The molecule has 17 heavy (non-hydrogen) atoms. The molecule has 1 amide bonds. The van der Waals surface area contributed by atoms with Crippen molar-refractivity contribution in [3.63, 3.8) is 0 Å². The van der Waals surface area contributed by atoms with E-state index in [1.54, 1.807) is 0 Å². The molecular formula is C11H13Br3N2O. The van der Waals surface area contributed by atoms with Gasteiger partial charge >= 0.3 is 0 Å². The van der Waals surface area contributed by atoms with Crippen molar-refractivity contribution in [2.24, 2.45) is 0 Å². The quantitative estimate of drug-likeness (QED) is 0.763. The third-order valence-electron chi connectivity index (χ3n) is 1.94. The molecule has 1 rings (SSSR count). The molecule has 0 heterocycles. The zero-order valence-corrected chi connectivity index (χ0v) is 14.2. The van der Waals surface area contributed by atoms with Crippen molar-refractivity contribution >= 4 is 59.4 Å². The fraction of sp³-hybridized carbons (Fsp3) is 0.364. The van der Waals surface area contributed by atoms with Crippen LogP contribution in [0.5, 0.6) is 0 Å². The largest absolute Gasteiger partial charge is 0.323 e. The van der Waals surface area contributed by atoms with E-state index in [0.29, 0.717) is 6.54 Å². The Labute approximate surface area is 126 Å². The SMILES string of the molecule is CC(C)NCC(=O)Nc1c(Br)cc(Br)cc1Br. The molecule has 0 saturated heterocycles. The Morgan fingerprint density at radius 1 is 1.24 bits per heavy atom. The monoisotopic (exact) mass is 426 g/mol. The van der Waals surface area contributed by atoms with Gasteiger partial charge in [0.1, 0.15) is 0 Å². The Morgan fingerprint density at radius 3 is 2.24 bits per heavy atom. The number of carbonyl (C=O) groups is 1. The molecule has 0 aromatic heterocycles. The van der Waals surface area contributed by atoms with Crippen molar-refractivity contribution in [3.8, 4) is 0 Å². The molecular weight excluding hydrogens is 416 g/mol. The molecule has 2 N–H and O–H groups in total. The Kier molecular flexibility index (Phi) is 6.12. The summed E-state index contributed by atoms with van der Waals surface area (Å²) in [5.74, 6) is -0.0672. The summed E-state index contributed by atoms with van der Waals surface area (Å²) in [6, 6.07) is 4.06. The normalized spacial score (nSPS) is 10.7. The summed E-state index contributed by atoms with van der Waals surface area (Å²) < 4.78 is 2.60.